The third kappa shape index (κ3) is 4.09. The quantitative estimate of drug-likeness (QED) is 0.269. The van der Waals surface area contributed by atoms with Crippen LogP contribution in [0, 0.1) is 10.7 Å². The molecule has 0 aliphatic heterocycles. The van der Waals surface area contributed by atoms with Crippen LogP contribution in [0.5, 0.6) is 0 Å². The molecule has 0 aliphatic rings. The van der Waals surface area contributed by atoms with Gasteiger partial charge in [0.05, 0.1) is 5.56 Å². The number of aldehydes is 1. The van der Waals surface area contributed by atoms with Gasteiger partial charge >= 0.3 is 0 Å². The largest absolute Gasteiger partial charge is 0.352 e. The molecule has 0 saturated carbocycles. The minimum absolute atomic E-state index is 0.123. The Morgan fingerprint density at radius 1 is 1.31 bits per heavy atom. The summed E-state index contributed by atoms with van der Waals surface area (Å²) in [6, 6.07) is 3.87. The predicted molar refractivity (Wildman–Crippen MR) is 87.6 cm³/mol. The first-order valence-corrected chi connectivity index (χ1v) is 7.66. The molecule has 86 valence electrons. The van der Waals surface area contributed by atoms with Crippen LogP contribution in [0.1, 0.15) is 16.8 Å². The number of rotatable bonds is 4. The highest BCUT2D eigenvalue weighted by Gasteiger charge is 2.12. The van der Waals surface area contributed by atoms with E-state index in [2.05, 4.69) is 73.1 Å². The van der Waals surface area contributed by atoms with Crippen LogP contribution in [0.3, 0.4) is 0 Å². The van der Waals surface area contributed by atoms with Gasteiger partial charge in [0, 0.05) is 23.7 Å². The van der Waals surface area contributed by atoms with Crippen molar-refractivity contribution >= 4 is 80.0 Å². The molecule has 1 N–H and O–H groups in total. The molecule has 0 radical (unpaired) electrons. The second-order valence-electron chi connectivity index (χ2n) is 2.96. The Labute approximate surface area is 135 Å². The molecule has 0 atom stereocenters. The molecule has 0 fully saturated rings. The number of carbonyl (C=O) groups excluding carboxylic acids is 2. The average Bonchev–Trinajstić information content (AvgIpc) is 2.23. The summed E-state index contributed by atoms with van der Waals surface area (Å²) in [6.45, 7) is 0.389. The third-order valence-corrected chi connectivity index (χ3v) is 5.45. The lowest BCUT2D eigenvalue weighted by Crippen LogP contribution is -2.25. The van der Waals surface area contributed by atoms with E-state index in [-0.39, 0.29) is 5.91 Å². The van der Waals surface area contributed by atoms with E-state index in [1.54, 1.807) is 0 Å². The fourth-order valence-corrected chi connectivity index (χ4v) is 3.46. The third-order valence-electron chi connectivity index (χ3n) is 1.79. The SMILES string of the molecule is O=CCCNC(=O)c1cc(I)cc(I)c1I. The minimum Gasteiger partial charge on any atom is -0.352 e. The highest BCUT2D eigenvalue weighted by atomic mass is 127. The molecule has 6 heteroatoms. The zero-order chi connectivity index (χ0) is 12.1. The van der Waals surface area contributed by atoms with Crippen LogP contribution in [-0.4, -0.2) is 18.7 Å². The predicted octanol–water partition coefficient (Wildman–Crippen LogP) is 2.82. The Balaban J connectivity index is 2.86. The minimum atomic E-state index is -0.123. The molecule has 0 bridgehead atoms. The van der Waals surface area contributed by atoms with Gasteiger partial charge in [-0.25, -0.2) is 0 Å². The lowest BCUT2D eigenvalue weighted by Gasteiger charge is -2.07. The first kappa shape index (κ1) is 14.6. The summed E-state index contributed by atoms with van der Waals surface area (Å²) >= 11 is 6.54. The lowest BCUT2D eigenvalue weighted by atomic mass is 10.2. The maximum atomic E-state index is 11.8. The number of benzene rings is 1. The summed E-state index contributed by atoms with van der Waals surface area (Å²) in [6.07, 6.45) is 1.15. The van der Waals surface area contributed by atoms with Crippen molar-refractivity contribution in [1.29, 1.82) is 0 Å². The summed E-state index contributed by atoms with van der Waals surface area (Å²) < 4.78 is 3.04. The van der Waals surface area contributed by atoms with Crippen molar-refractivity contribution < 1.29 is 9.59 Å². The first-order valence-electron chi connectivity index (χ1n) is 4.42. The highest BCUT2D eigenvalue weighted by molar-refractivity contribution is 14.1. The summed E-state index contributed by atoms with van der Waals surface area (Å²) in [5, 5.41) is 2.71. The van der Waals surface area contributed by atoms with Gasteiger partial charge in [-0.05, 0) is 79.9 Å². The number of hydrogen-bond donors (Lipinski definition) is 1. The van der Waals surface area contributed by atoms with Crippen LogP contribution in [-0.2, 0) is 4.79 Å². The van der Waals surface area contributed by atoms with E-state index in [1.807, 2.05) is 12.1 Å². The normalized spacial score (nSPS) is 9.94. The van der Waals surface area contributed by atoms with Crippen molar-refractivity contribution in [1.82, 2.24) is 5.32 Å². The summed E-state index contributed by atoms with van der Waals surface area (Å²) in [7, 11) is 0. The first-order chi connectivity index (χ1) is 7.56. The molecule has 1 aromatic rings. The van der Waals surface area contributed by atoms with Crippen molar-refractivity contribution in [2.45, 2.75) is 6.42 Å². The number of halogens is 3. The van der Waals surface area contributed by atoms with E-state index < -0.39 is 0 Å². The van der Waals surface area contributed by atoms with Crippen LogP contribution in [0.4, 0.5) is 0 Å². The molecular formula is C10H8I3NO2. The molecule has 0 unspecified atom stereocenters. The lowest BCUT2D eigenvalue weighted by molar-refractivity contribution is -0.107. The van der Waals surface area contributed by atoms with Crippen molar-refractivity contribution in [3.05, 3.63) is 28.4 Å². The van der Waals surface area contributed by atoms with E-state index >= 15 is 0 Å². The van der Waals surface area contributed by atoms with Crippen molar-refractivity contribution in [3.63, 3.8) is 0 Å². The summed E-state index contributed by atoms with van der Waals surface area (Å²) in [5.41, 5.74) is 0.669. The molecule has 1 rings (SSSR count). The Bertz CT molecular complexity index is 421. The topological polar surface area (TPSA) is 46.2 Å². The van der Waals surface area contributed by atoms with Gasteiger partial charge in [0.25, 0.3) is 5.91 Å². The van der Waals surface area contributed by atoms with Crippen LogP contribution >= 0.6 is 67.8 Å². The van der Waals surface area contributed by atoms with Gasteiger partial charge in [-0.2, -0.15) is 0 Å². The van der Waals surface area contributed by atoms with Gasteiger partial charge in [0.15, 0.2) is 0 Å². The maximum Gasteiger partial charge on any atom is 0.252 e. The smallest absolute Gasteiger partial charge is 0.252 e. The fourth-order valence-electron chi connectivity index (χ4n) is 1.06. The Kier molecular flexibility index (Phi) is 6.47. The van der Waals surface area contributed by atoms with Crippen molar-refractivity contribution in [3.8, 4) is 0 Å². The van der Waals surface area contributed by atoms with E-state index in [9.17, 15) is 9.59 Å². The van der Waals surface area contributed by atoms with Crippen molar-refractivity contribution in [2.24, 2.45) is 0 Å². The van der Waals surface area contributed by atoms with Crippen LogP contribution in [0.25, 0.3) is 0 Å². The molecule has 1 amide bonds. The number of amides is 1. The second kappa shape index (κ2) is 7.09. The number of hydrogen-bond acceptors (Lipinski definition) is 2. The second-order valence-corrected chi connectivity index (χ2v) is 6.45. The van der Waals surface area contributed by atoms with E-state index in [4.69, 9.17) is 0 Å². The Hall–Kier alpha value is 0.550. The van der Waals surface area contributed by atoms with Crippen LogP contribution in [0.2, 0.25) is 0 Å². The average molecular weight is 555 g/mol. The number of nitrogens with one attached hydrogen (secondary N) is 1. The zero-order valence-corrected chi connectivity index (χ0v) is 14.6. The zero-order valence-electron chi connectivity index (χ0n) is 8.10. The van der Waals surface area contributed by atoms with Gasteiger partial charge in [-0.1, -0.05) is 0 Å². The maximum absolute atomic E-state index is 11.8. The van der Waals surface area contributed by atoms with Gasteiger partial charge in [0.1, 0.15) is 6.29 Å². The van der Waals surface area contributed by atoms with Crippen LogP contribution in [0.15, 0.2) is 12.1 Å². The van der Waals surface area contributed by atoms with Gasteiger partial charge in [-0.3, -0.25) is 4.79 Å². The van der Waals surface area contributed by atoms with Gasteiger partial charge in [-0.15, -0.1) is 0 Å². The number of carbonyl (C=O) groups is 2. The molecule has 0 heterocycles. The van der Waals surface area contributed by atoms with E-state index in [0.29, 0.717) is 18.5 Å². The molecule has 0 saturated heterocycles. The molecule has 16 heavy (non-hydrogen) atoms. The molecule has 3 nitrogen and oxygen atoms in total. The Morgan fingerprint density at radius 3 is 2.62 bits per heavy atom. The standard InChI is InChI=1S/C10H8I3NO2/c11-6-4-7(9(13)8(12)5-6)10(16)14-2-1-3-15/h3-5H,1-2H2,(H,14,16). The summed E-state index contributed by atoms with van der Waals surface area (Å²) in [5.74, 6) is -0.123. The summed E-state index contributed by atoms with van der Waals surface area (Å²) in [4.78, 5) is 21.9. The molecule has 1 aromatic carbocycles. The fraction of sp³-hybridized carbons (Fsp3) is 0.200. The molecule has 0 spiro atoms. The van der Waals surface area contributed by atoms with Crippen LogP contribution < -0.4 is 5.32 Å². The van der Waals surface area contributed by atoms with Gasteiger partial charge < -0.3 is 10.1 Å². The van der Waals surface area contributed by atoms with Gasteiger partial charge in [0.2, 0.25) is 0 Å². The highest BCUT2D eigenvalue weighted by Crippen LogP contribution is 2.22. The Morgan fingerprint density at radius 2 is 2.00 bits per heavy atom. The molecule has 0 aliphatic carbocycles. The molecule has 0 aromatic heterocycles. The van der Waals surface area contributed by atoms with E-state index in [0.717, 1.165) is 17.0 Å². The monoisotopic (exact) mass is 555 g/mol. The van der Waals surface area contributed by atoms with Crippen molar-refractivity contribution in [2.75, 3.05) is 6.54 Å². The molecular weight excluding hydrogens is 547 g/mol. The van der Waals surface area contributed by atoms with E-state index in [1.165, 1.54) is 0 Å².